The second kappa shape index (κ2) is 6.95. The molecule has 0 heterocycles. The zero-order chi connectivity index (χ0) is 15.2. The van der Waals surface area contributed by atoms with E-state index in [0.29, 0.717) is 18.0 Å². The first-order chi connectivity index (χ1) is 9.38. The van der Waals surface area contributed by atoms with Crippen LogP contribution in [0.3, 0.4) is 0 Å². The maximum Gasteiger partial charge on any atom is 0.326 e. The largest absolute Gasteiger partial charge is 0.489 e. The van der Waals surface area contributed by atoms with Crippen LogP contribution >= 0.6 is 0 Å². The van der Waals surface area contributed by atoms with E-state index in [-0.39, 0.29) is 6.54 Å². The van der Waals surface area contributed by atoms with Gasteiger partial charge in [0.05, 0.1) is 19.1 Å². The van der Waals surface area contributed by atoms with E-state index >= 15 is 0 Å². The number of methoxy groups -OCH3 is 1. The SMILES string of the molecule is C=CCOc1cccc(N(CC(=O)OC)S(C)(=O)=O)c1. The summed E-state index contributed by atoms with van der Waals surface area (Å²) in [6.07, 6.45) is 2.60. The van der Waals surface area contributed by atoms with E-state index < -0.39 is 16.0 Å². The van der Waals surface area contributed by atoms with Crippen LogP contribution in [0.2, 0.25) is 0 Å². The third-order valence-corrected chi connectivity index (χ3v) is 3.51. The van der Waals surface area contributed by atoms with Crippen molar-refractivity contribution in [1.82, 2.24) is 0 Å². The van der Waals surface area contributed by atoms with E-state index in [9.17, 15) is 13.2 Å². The number of benzene rings is 1. The van der Waals surface area contributed by atoms with E-state index in [4.69, 9.17) is 4.74 Å². The molecule has 7 heteroatoms. The van der Waals surface area contributed by atoms with Gasteiger partial charge in [-0.25, -0.2) is 8.42 Å². The molecule has 0 radical (unpaired) electrons. The Hall–Kier alpha value is -2.02. The maximum absolute atomic E-state index is 11.8. The van der Waals surface area contributed by atoms with Gasteiger partial charge in [0.1, 0.15) is 18.9 Å². The normalized spacial score (nSPS) is 10.7. The summed E-state index contributed by atoms with van der Waals surface area (Å²) in [5.74, 6) is -0.159. The lowest BCUT2D eigenvalue weighted by atomic mass is 10.3. The summed E-state index contributed by atoms with van der Waals surface area (Å²) in [6, 6.07) is 6.44. The van der Waals surface area contributed by atoms with E-state index in [0.717, 1.165) is 10.6 Å². The molecule has 0 fully saturated rings. The molecule has 0 saturated heterocycles. The highest BCUT2D eigenvalue weighted by atomic mass is 32.2. The van der Waals surface area contributed by atoms with Gasteiger partial charge in [0, 0.05) is 6.07 Å². The van der Waals surface area contributed by atoms with Gasteiger partial charge in [-0.15, -0.1) is 0 Å². The number of hydrogen-bond acceptors (Lipinski definition) is 5. The highest BCUT2D eigenvalue weighted by molar-refractivity contribution is 7.92. The van der Waals surface area contributed by atoms with Crippen molar-refractivity contribution in [3.8, 4) is 5.75 Å². The Bertz CT molecular complexity index is 582. The van der Waals surface area contributed by atoms with Gasteiger partial charge in [-0.05, 0) is 12.1 Å². The van der Waals surface area contributed by atoms with E-state index in [2.05, 4.69) is 11.3 Å². The number of esters is 1. The molecular formula is C13H17NO5S. The second-order valence-electron chi connectivity index (χ2n) is 3.94. The first-order valence-electron chi connectivity index (χ1n) is 5.76. The lowest BCUT2D eigenvalue weighted by Gasteiger charge is -2.21. The van der Waals surface area contributed by atoms with Crippen LogP contribution in [0.15, 0.2) is 36.9 Å². The fourth-order valence-electron chi connectivity index (χ4n) is 1.47. The number of carbonyl (C=O) groups excluding carboxylic acids is 1. The summed E-state index contributed by atoms with van der Waals surface area (Å²) in [6.45, 7) is 3.45. The Kier molecular flexibility index (Phi) is 5.57. The Morgan fingerprint density at radius 2 is 2.15 bits per heavy atom. The molecule has 0 aliphatic rings. The molecule has 0 spiro atoms. The highest BCUT2D eigenvalue weighted by Crippen LogP contribution is 2.23. The predicted molar refractivity (Wildman–Crippen MR) is 76.3 cm³/mol. The topological polar surface area (TPSA) is 72.9 Å². The molecule has 0 saturated carbocycles. The molecule has 1 aromatic rings. The summed E-state index contributed by atoms with van der Waals surface area (Å²) in [5, 5.41) is 0. The minimum atomic E-state index is -3.60. The van der Waals surface area contributed by atoms with Crippen LogP contribution in [-0.4, -0.2) is 40.9 Å². The zero-order valence-electron chi connectivity index (χ0n) is 11.4. The number of hydrogen-bond donors (Lipinski definition) is 0. The number of anilines is 1. The van der Waals surface area contributed by atoms with Crippen LogP contribution in [0.5, 0.6) is 5.75 Å². The van der Waals surface area contributed by atoms with Crippen molar-refractivity contribution in [1.29, 1.82) is 0 Å². The number of rotatable bonds is 7. The molecule has 110 valence electrons. The fourth-order valence-corrected chi connectivity index (χ4v) is 2.30. The van der Waals surface area contributed by atoms with Crippen molar-refractivity contribution in [2.75, 3.05) is 30.8 Å². The van der Waals surface area contributed by atoms with Gasteiger partial charge in [-0.1, -0.05) is 18.7 Å². The van der Waals surface area contributed by atoms with E-state index in [1.807, 2.05) is 0 Å². The van der Waals surface area contributed by atoms with Crippen LogP contribution in [0.1, 0.15) is 0 Å². The first kappa shape index (κ1) is 16.0. The third-order valence-electron chi connectivity index (χ3n) is 2.37. The van der Waals surface area contributed by atoms with E-state index in [1.54, 1.807) is 24.3 Å². The van der Waals surface area contributed by atoms with Crippen molar-refractivity contribution in [3.05, 3.63) is 36.9 Å². The average Bonchev–Trinajstić information content (AvgIpc) is 2.41. The van der Waals surface area contributed by atoms with Crippen molar-refractivity contribution in [3.63, 3.8) is 0 Å². The number of nitrogens with zero attached hydrogens (tertiary/aromatic N) is 1. The minimum absolute atomic E-state index is 0.305. The molecule has 0 unspecified atom stereocenters. The summed E-state index contributed by atoms with van der Waals surface area (Å²) >= 11 is 0. The lowest BCUT2D eigenvalue weighted by Crippen LogP contribution is -2.35. The van der Waals surface area contributed by atoms with Gasteiger partial charge in [0.2, 0.25) is 10.0 Å². The van der Waals surface area contributed by atoms with Gasteiger partial charge in [-0.3, -0.25) is 9.10 Å². The molecular weight excluding hydrogens is 282 g/mol. The monoisotopic (exact) mass is 299 g/mol. The molecule has 0 bridgehead atoms. The van der Waals surface area contributed by atoms with Gasteiger partial charge >= 0.3 is 5.97 Å². The number of ether oxygens (including phenoxy) is 2. The highest BCUT2D eigenvalue weighted by Gasteiger charge is 2.21. The molecule has 0 aliphatic heterocycles. The third kappa shape index (κ3) is 4.58. The Morgan fingerprint density at radius 1 is 1.45 bits per heavy atom. The standard InChI is InChI=1S/C13H17NO5S/c1-4-8-19-12-7-5-6-11(9-12)14(20(3,16)17)10-13(15)18-2/h4-7,9H,1,8,10H2,2-3H3. The quantitative estimate of drug-likeness (QED) is 0.558. The zero-order valence-corrected chi connectivity index (χ0v) is 12.2. The van der Waals surface area contributed by atoms with Crippen molar-refractivity contribution in [2.24, 2.45) is 0 Å². The minimum Gasteiger partial charge on any atom is -0.489 e. The van der Waals surface area contributed by atoms with E-state index in [1.165, 1.54) is 13.2 Å². The summed E-state index contributed by atoms with van der Waals surface area (Å²) in [5.41, 5.74) is 0.333. The maximum atomic E-state index is 11.8. The molecule has 0 N–H and O–H groups in total. The van der Waals surface area contributed by atoms with Crippen LogP contribution in [0, 0.1) is 0 Å². The van der Waals surface area contributed by atoms with Crippen LogP contribution in [0.25, 0.3) is 0 Å². The molecule has 1 rings (SSSR count). The van der Waals surface area contributed by atoms with Gasteiger partial charge in [-0.2, -0.15) is 0 Å². The molecule has 0 amide bonds. The molecule has 0 aliphatic carbocycles. The Balaban J connectivity index is 3.07. The molecule has 0 aromatic heterocycles. The predicted octanol–water partition coefficient (Wildman–Crippen LogP) is 1.19. The molecule has 1 aromatic carbocycles. The smallest absolute Gasteiger partial charge is 0.326 e. The fraction of sp³-hybridized carbons (Fsp3) is 0.308. The summed E-state index contributed by atoms with van der Waals surface area (Å²) < 4.78 is 34.3. The van der Waals surface area contributed by atoms with Crippen LogP contribution in [0.4, 0.5) is 5.69 Å². The van der Waals surface area contributed by atoms with Crippen LogP contribution in [-0.2, 0) is 19.6 Å². The van der Waals surface area contributed by atoms with Gasteiger partial charge < -0.3 is 9.47 Å². The first-order valence-corrected chi connectivity index (χ1v) is 7.61. The average molecular weight is 299 g/mol. The molecule has 0 atom stereocenters. The Morgan fingerprint density at radius 3 is 2.70 bits per heavy atom. The second-order valence-corrected chi connectivity index (χ2v) is 5.85. The van der Waals surface area contributed by atoms with Crippen molar-refractivity contribution >= 4 is 21.7 Å². The lowest BCUT2D eigenvalue weighted by molar-refractivity contribution is -0.138. The molecule has 6 nitrogen and oxygen atoms in total. The summed E-state index contributed by atoms with van der Waals surface area (Å²) in [7, 11) is -2.40. The number of carbonyl (C=O) groups is 1. The van der Waals surface area contributed by atoms with Gasteiger partial charge in [0.15, 0.2) is 0 Å². The number of sulfonamides is 1. The van der Waals surface area contributed by atoms with Crippen molar-refractivity contribution < 1.29 is 22.7 Å². The summed E-state index contributed by atoms with van der Waals surface area (Å²) in [4.78, 5) is 11.3. The van der Waals surface area contributed by atoms with Crippen LogP contribution < -0.4 is 9.04 Å². The van der Waals surface area contributed by atoms with Crippen molar-refractivity contribution in [2.45, 2.75) is 0 Å². The Labute approximate surface area is 118 Å². The molecule has 20 heavy (non-hydrogen) atoms. The van der Waals surface area contributed by atoms with Gasteiger partial charge in [0.25, 0.3) is 0 Å².